The summed E-state index contributed by atoms with van der Waals surface area (Å²) in [6.45, 7) is 0.718. The maximum Gasteiger partial charge on any atom is 0.330 e. The summed E-state index contributed by atoms with van der Waals surface area (Å²) in [5.74, 6) is -0.702. The number of benzene rings is 2. The van der Waals surface area contributed by atoms with Crippen molar-refractivity contribution in [2.75, 3.05) is 25.1 Å². The van der Waals surface area contributed by atoms with E-state index in [9.17, 15) is 18.8 Å². The summed E-state index contributed by atoms with van der Waals surface area (Å²) in [5.41, 5.74) is 0.598. The lowest BCUT2D eigenvalue weighted by Gasteiger charge is -2.49. The number of amides is 4. The Morgan fingerprint density at radius 1 is 1.16 bits per heavy atom. The average Bonchev–Trinajstić information content (AvgIpc) is 3.28. The molecule has 2 aromatic carbocycles. The van der Waals surface area contributed by atoms with Crippen molar-refractivity contribution in [2.45, 2.75) is 31.7 Å². The summed E-state index contributed by atoms with van der Waals surface area (Å²) < 4.78 is 19.8. The topological polar surface area (TPSA) is 79.0 Å². The number of methoxy groups -OCH3 is 1. The summed E-state index contributed by atoms with van der Waals surface area (Å²) in [7, 11) is 1.59. The van der Waals surface area contributed by atoms with Crippen LogP contribution in [0.5, 0.6) is 5.75 Å². The molecular weight excluding hydrogens is 413 g/mol. The minimum Gasteiger partial charge on any atom is -0.497 e. The van der Waals surface area contributed by atoms with Gasteiger partial charge in [-0.25, -0.2) is 9.18 Å². The summed E-state index contributed by atoms with van der Waals surface area (Å²) in [6, 6.07) is 11.0. The molecule has 5 rings (SSSR count). The van der Waals surface area contributed by atoms with Crippen molar-refractivity contribution in [3.63, 3.8) is 0 Å². The van der Waals surface area contributed by atoms with Gasteiger partial charge in [-0.15, -0.1) is 0 Å². The van der Waals surface area contributed by atoms with Gasteiger partial charge in [-0.1, -0.05) is 24.3 Å². The van der Waals surface area contributed by atoms with E-state index in [0.717, 1.165) is 22.6 Å². The number of fused-ring (bicyclic) bond motifs is 4. The third-order valence-electron chi connectivity index (χ3n) is 6.93. The first-order valence-electron chi connectivity index (χ1n) is 10.8. The standard InChI is InChI=1S/C24H24FN3O4/c1-32-17-9-7-15(8-10-17)11-13-28-22(30)24(21(29)26-23(28)31)14-16-4-2-5-18(25)20(16)27-12-3-6-19(24)27/h2,4-5,7-10,19H,3,6,11-14H2,1H3,(H,26,29,31). The molecule has 2 unspecified atom stereocenters. The molecule has 2 saturated heterocycles. The van der Waals surface area contributed by atoms with Gasteiger partial charge in [-0.05, 0) is 55.0 Å². The highest BCUT2D eigenvalue weighted by atomic mass is 19.1. The second kappa shape index (κ2) is 7.62. The van der Waals surface area contributed by atoms with Crippen LogP contribution in [-0.4, -0.2) is 49.0 Å². The lowest BCUT2D eigenvalue weighted by atomic mass is 9.68. The van der Waals surface area contributed by atoms with Crippen LogP contribution in [-0.2, 0) is 22.4 Å². The molecule has 3 aliphatic heterocycles. The molecule has 166 valence electrons. The summed E-state index contributed by atoms with van der Waals surface area (Å²) in [4.78, 5) is 42.6. The molecule has 0 radical (unpaired) electrons. The molecule has 2 atom stereocenters. The Morgan fingerprint density at radius 3 is 2.69 bits per heavy atom. The highest BCUT2D eigenvalue weighted by Gasteiger charge is 2.62. The number of halogens is 1. The first-order valence-corrected chi connectivity index (χ1v) is 10.8. The molecule has 4 amide bonds. The van der Waals surface area contributed by atoms with E-state index >= 15 is 0 Å². The van der Waals surface area contributed by atoms with Crippen LogP contribution < -0.4 is 15.0 Å². The average molecular weight is 437 g/mol. The number of nitrogens with zero attached hydrogens (tertiary/aromatic N) is 2. The van der Waals surface area contributed by atoms with Gasteiger partial charge < -0.3 is 9.64 Å². The zero-order valence-corrected chi connectivity index (χ0v) is 17.8. The van der Waals surface area contributed by atoms with Gasteiger partial charge in [0.05, 0.1) is 18.8 Å². The number of carbonyl (C=O) groups is 3. The number of rotatable bonds is 4. The van der Waals surface area contributed by atoms with Crippen molar-refractivity contribution in [3.8, 4) is 5.75 Å². The molecule has 2 fully saturated rings. The normalized spacial score (nSPS) is 24.4. The number of hydrogen-bond acceptors (Lipinski definition) is 5. The summed E-state index contributed by atoms with van der Waals surface area (Å²) in [5, 5.41) is 2.42. The van der Waals surface area contributed by atoms with E-state index < -0.39 is 29.3 Å². The fourth-order valence-electron chi connectivity index (χ4n) is 5.38. The molecule has 3 aliphatic rings. The van der Waals surface area contributed by atoms with Crippen LogP contribution >= 0.6 is 0 Å². The lowest BCUT2D eigenvalue weighted by molar-refractivity contribution is -0.153. The van der Waals surface area contributed by atoms with Crippen molar-refractivity contribution in [2.24, 2.45) is 5.41 Å². The maximum absolute atomic E-state index is 14.7. The van der Waals surface area contributed by atoms with Gasteiger partial charge in [0.25, 0.3) is 0 Å². The van der Waals surface area contributed by atoms with E-state index in [1.165, 1.54) is 6.07 Å². The monoisotopic (exact) mass is 437 g/mol. The van der Waals surface area contributed by atoms with Crippen molar-refractivity contribution >= 4 is 23.5 Å². The fourth-order valence-corrected chi connectivity index (χ4v) is 5.38. The first-order chi connectivity index (χ1) is 15.5. The number of nitrogens with one attached hydrogen (secondary N) is 1. The van der Waals surface area contributed by atoms with Crippen LogP contribution in [0.4, 0.5) is 14.9 Å². The minimum atomic E-state index is -1.44. The summed E-state index contributed by atoms with van der Waals surface area (Å²) >= 11 is 0. The number of ether oxygens (including phenoxy) is 1. The smallest absolute Gasteiger partial charge is 0.330 e. The molecule has 0 bridgehead atoms. The van der Waals surface area contributed by atoms with Crippen LogP contribution in [0.2, 0.25) is 0 Å². The number of barbiturate groups is 1. The highest BCUT2D eigenvalue weighted by Crippen LogP contribution is 2.49. The molecule has 1 spiro atoms. The van der Waals surface area contributed by atoms with Gasteiger partial charge in [0.2, 0.25) is 11.8 Å². The molecule has 8 heteroatoms. The van der Waals surface area contributed by atoms with E-state index in [2.05, 4.69) is 5.32 Å². The SMILES string of the molecule is COc1ccc(CCN2C(=O)NC(=O)C3(Cc4cccc(F)c4N4CCCC43)C2=O)cc1. The Morgan fingerprint density at radius 2 is 1.94 bits per heavy atom. The zero-order valence-electron chi connectivity index (χ0n) is 17.8. The Balaban J connectivity index is 1.47. The molecular formula is C24H24FN3O4. The van der Waals surface area contributed by atoms with Crippen molar-refractivity contribution in [3.05, 3.63) is 59.4 Å². The van der Waals surface area contributed by atoms with Gasteiger partial charge >= 0.3 is 6.03 Å². The largest absolute Gasteiger partial charge is 0.497 e. The number of urea groups is 1. The second-order valence-electron chi connectivity index (χ2n) is 8.56. The Hall–Kier alpha value is -3.42. The van der Waals surface area contributed by atoms with Crippen LogP contribution in [0.25, 0.3) is 0 Å². The van der Waals surface area contributed by atoms with Crippen molar-refractivity contribution in [1.29, 1.82) is 0 Å². The van der Waals surface area contributed by atoms with Crippen LogP contribution in [0, 0.1) is 11.2 Å². The molecule has 0 aliphatic carbocycles. The molecule has 3 heterocycles. The van der Waals surface area contributed by atoms with Gasteiger partial charge in [0, 0.05) is 13.1 Å². The molecule has 0 aromatic heterocycles. The summed E-state index contributed by atoms with van der Waals surface area (Å²) in [6.07, 6.45) is 1.87. The van der Waals surface area contributed by atoms with E-state index in [1.807, 2.05) is 29.2 Å². The van der Waals surface area contributed by atoms with Gasteiger partial charge in [0.1, 0.15) is 11.6 Å². The lowest BCUT2D eigenvalue weighted by Crippen LogP contribution is -2.71. The van der Waals surface area contributed by atoms with Crippen LogP contribution in [0.1, 0.15) is 24.0 Å². The zero-order chi connectivity index (χ0) is 22.5. The first kappa shape index (κ1) is 20.5. The van der Waals surface area contributed by atoms with E-state index in [-0.39, 0.29) is 18.8 Å². The molecule has 32 heavy (non-hydrogen) atoms. The third kappa shape index (κ3) is 2.97. The third-order valence-corrected chi connectivity index (χ3v) is 6.93. The quantitative estimate of drug-likeness (QED) is 0.744. The second-order valence-corrected chi connectivity index (χ2v) is 8.56. The predicted molar refractivity (Wildman–Crippen MR) is 115 cm³/mol. The van der Waals surface area contributed by atoms with Crippen LogP contribution in [0.3, 0.4) is 0 Å². The molecule has 2 aromatic rings. The number of carbonyl (C=O) groups excluding carboxylic acids is 3. The maximum atomic E-state index is 14.7. The number of anilines is 1. The van der Waals surface area contributed by atoms with Gasteiger partial charge in [-0.2, -0.15) is 0 Å². The van der Waals surface area contributed by atoms with Gasteiger partial charge in [-0.3, -0.25) is 19.8 Å². The Bertz CT molecular complexity index is 1100. The molecule has 0 saturated carbocycles. The number of hydrogen-bond donors (Lipinski definition) is 1. The van der Waals surface area contributed by atoms with Gasteiger partial charge in [0.15, 0.2) is 5.41 Å². The fraction of sp³-hybridized carbons (Fsp3) is 0.375. The molecule has 1 N–H and O–H groups in total. The van der Waals surface area contributed by atoms with E-state index in [1.54, 1.807) is 19.2 Å². The number of para-hydroxylation sites is 1. The van der Waals surface area contributed by atoms with Crippen molar-refractivity contribution < 1.29 is 23.5 Å². The van der Waals surface area contributed by atoms with Crippen LogP contribution in [0.15, 0.2) is 42.5 Å². The predicted octanol–water partition coefficient (Wildman–Crippen LogP) is 2.67. The Kier molecular flexibility index (Phi) is 4.87. The van der Waals surface area contributed by atoms with Crippen molar-refractivity contribution in [1.82, 2.24) is 10.2 Å². The van der Waals surface area contributed by atoms with E-state index in [4.69, 9.17) is 4.74 Å². The Labute approximate surface area is 185 Å². The minimum absolute atomic E-state index is 0.0816. The van der Waals surface area contributed by atoms with E-state index in [0.29, 0.717) is 30.6 Å². The number of imide groups is 2. The highest BCUT2D eigenvalue weighted by molar-refractivity contribution is 6.20. The molecule has 7 nitrogen and oxygen atoms in total.